The van der Waals surface area contributed by atoms with Crippen molar-refractivity contribution in [1.82, 2.24) is 0 Å². The molecule has 0 amide bonds. The Morgan fingerprint density at radius 1 is 0.968 bits per heavy atom. The van der Waals surface area contributed by atoms with E-state index in [1.807, 2.05) is 18.2 Å². The second-order valence-electron chi connectivity index (χ2n) is 7.99. The minimum absolute atomic E-state index is 0. The van der Waals surface area contributed by atoms with Gasteiger partial charge in [0.05, 0.1) is 30.9 Å². The summed E-state index contributed by atoms with van der Waals surface area (Å²) in [6, 6.07) is 10.9. The Labute approximate surface area is 205 Å². The normalized spacial score (nSPS) is 11.1. The van der Waals surface area contributed by atoms with Crippen molar-refractivity contribution in [2.75, 3.05) is 20.3 Å². The predicted molar refractivity (Wildman–Crippen MR) is 134 cm³/mol. The molecule has 1 unspecified atom stereocenters. The molecule has 0 bridgehead atoms. The van der Waals surface area contributed by atoms with Crippen LogP contribution in [0, 0.1) is 11.8 Å². The Morgan fingerprint density at radius 3 is 2.23 bits per heavy atom. The SMILES string of the molecule is COc1cccc(Cl)c1C(=O)Pc1ccc(OCCC(C)C)cc1OCCC(C)C.[LiH]. The monoisotopic (exact) mass is 458 g/mol. The number of carbonyl (C=O) groups excluding carboxylic acids is 1. The molecule has 4 nitrogen and oxygen atoms in total. The number of halogens is 1. The first-order valence-electron chi connectivity index (χ1n) is 10.3. The molecule has 7 heteroatoms. The molecule has 31 heavy (non-hydrogen) atoms. The number of benzene rings is 2. The summed E-state index contributed by atoms with van der Waals surface area (Å²) in [6.07, 6.45) is 1.92. The molecule has 166 valence electrons. The quantitative estimate of drug-likeness (QED) is 0.302. The van der Waals surface area contributed by atoms with Crippen LogP contribution in [0.3, 0.4) is 0 Å². The van der Waals surface area contributed by atoms with Crippen LogP contribution in [0.4, 0.5) is 0 Å². The van der Waals surface area contributed by atoms with Crippen LogP contribution in [0.15, 0.2) is 36.4 Å². The third kappa shape index (κ3) is 9.07. The number of rotatable bonds is 12. The first-order chi connectivity index (χ1) is 14.3. The molecule has 0 saturated heterocycles. The van der Waals surface area contributed by atoms with Crippen LogP contribution in [0.1, 0.15) is 50.9 Å². The predicted octanol–water partition coefficient (Wildman–Crippen LogP) is 5.69. The average Bonchev–Trinajstić information content (AvgIpc) is 2.68. The van der Waals surface area contributed by atoms with Gasteiger partial charge in [-0.15, -0.1) is 0 Å². The van der Waals surface area contributed by atoms with E-state index in [2.05, 4.69) is 27.7 Å². The zero-order valence-corrected chi connectivity index (χ0v) is 20.2. The van der Waals surface area contributed by atoms with E-state index in [0.717, 1.165) is 23.9 Å². The van der Waals surface area contributed by atoms with Gasteiger partial charge in [0.2, 0.25) is 0 Å². The second-order valence-corrected chi connectivity index (χ2v) is 9.64. The van der Waals surface area contributed by atoms with Crippen molar-refractivity contribution >= 4 is 49.9 Å². The van der Waals surface area contributed by atoms with Crippen LogP contribution < -0.4 is 19.5 Å². The van der Waals surface area contributed by atoms with Gasteiger partial charge in [-0.25, -0.2) is 0 Å². The van der Waals surface area contributed by atoms with Crippen LogP contribution in [0.25, 0.3) is 0 Å². The average molecular weight is 459 g/mol. The van der Waals surface area contributed by atoms with Crippen molar-refractivity contribution in [2.24, 2.45) is 11.8 Å². The van der Waals surface area contributed by atoms with Gasteiger partial charge in [0.25, 0.3) is 0 Å². The second kappa shape index (κ2) is 14.1. The van der Waals surface area contributed by atoms with Crippen LogP contribution in [0.5, 0.6) is 17.2 Å². The molecule has 2 aromatic carbocycles. The van der Waals surface area contributed by atoms with Crippen molar-refractivity contribution in [2.45, 2.75) is 40.5 Å². The summed E-state index contributed by atoms with van der Waals surface area (Å²) < 4.78 is 17.3. The van der Waals surface area contributed by atoms with Crippen LogP contribution in [0.2, 0.25) is 5.02 Å². The Morgan fingerprint density at radius 2 is 1.61 bits per heavy atom. The van der Waals surface area contributed by atoms with E-state index in [0.29, 0.717) is 47.1 Å². The Bertz CT molecular complexity index is 842. The van der Waals surface area contributed by atoms with Crippen molar-refractivity contribution in [3.05, 3.63) is 47.0 Å². The molecule has 2 rings (SSSR count). The minimum atomic E-state index is -0.133. The fraction of sp³-hybridized carbons (Fsp3) is 0.458. The van der Waals surface area contributed by atoms with Gasteiger partial charge in [0.15, 0.2) is 5.52 Å². The zero-order chi connectivity index (χ0) is 22.1. The van der Waals surface area contributed by atoms with Crippen LogP contribution >= 0.6 is 20.2 Å². The van der Waals surface area contributed by atoms with Gasteiger partial charge in [-0.2, -0.15) is 0 Å². The van der Waals surface area contributed by atoms with Gasteiger partial charge in [-0.3, -0.25) is 4.79 Å². The molecule has 0 aliphatic carbocycles. The summed E-state index contributed by atoms with van der Waals surface area (Å²) in [5.41, 5.74) is 0.324. The Balaban J connectivity index is 0.00000480. The van der Waals surface area contributed by atoms with E-state index in [1.54, 1.807) is 18.2 Å². The number of ether oxygens (including phenoxy) is 3. The molecule has 0 fully saturated rings. The molecule has 2 aromatic rings. The summed E-state index contributed by atoms with van der Waals surface area (Å²) in [6.45, 7) is 9.90. The first kappa shape index (κ1) is 27.9. The number of hydrogen-bond donors (Lipinski definition) is 0. The standard InChI is InChI=1S/C24H32ClO4P.Li.H/c1-16(2)11-13-28-18-9-10-22(21(15-18)29-14-12-17(3)4)30-24(26)23-19(25)7-6-8-20(23)27-5;;/h6-10,15-17,30H,11-14H2,1-5H3;;. The van der Waals surface area contributed by atoms with E-state index in [9.17, 15) is 4.79 Å². The summed E-state index contributed by atoms with van der Waals surface area (Å²) in [5, 5.41) is 1.23. The zero-order valence-electron chi connectivity index (χ0n) is 18.5. The molecule has 1 atom stereocenters. The van der Waals surface area contributed by atoms with E-state index >= 15 is 0 Å². The van der Waals surface area contributed by atoms with Gasteiger partial charge < -0.3 is 14.2 Å². The molecule has 0 N–H and O–H groups in total. The fourth-order valence-corrected chi connectivity index (χ4v) is 4.10. The van der Waals surface area contributed by atoms with Crippen molar-refractivity contribution in [3.63, 3.8) is 0 Å². The van der Waals surface area contributed by atoms with E-state index < -0.39 is 0 Å². The van der Waals surface area contributed by atoms with Crippen LogP contribution in [-0.2, 0) is 0 Å². The fourth-order valence-electron chi connectivity index (χ4n) is 2.71. The van der Waals surface area contributed by atoms with Crippen molar-refractivity contribution < 1.29 is 19.0 Å². The van der Waals surface area contributed by atoms with E-state index in [-0.39, 0.29) is 33.0 Å². The molecular formula is C24H33ClLiO4P. The van der Waals surface area contributed by atoms with Crippen LogP contribution in [-0.4, -0.2) is 44.7 Å². The van der Waals surface area contributed by atoms with Crippen molar-refractivity contribution in [3.8, 4) is 17.2 Å². The molecule has 0 aliphatic rings. The number of carbonyl (C=O) groups is 1. The van der Waals surface area contributed by atoms with Gasteiger partial charge >= 0.3 is 18.9 Å². The third-order valence-electron chi connectivity index (χ3n) is 4.54. The van der Waals surface area contributed by atoms with Crippen molar-refractivity contribution in [1.29, 1.82) is 0 Å². The molecule has 0 spiro atoms. The van der Waals surface area contributed by atoms with Gasteiger partial charge in [-0.1, -0.05) is 45.4 Å². The summed E-state index contributed by atoms with van der Waals surface area (Å²) >= 11 is 6.29. The summed E-state index contributed by atoms with van der Waals surface area (Å²) in [5.74, 6) is 3.05. The molecule has 0 heterocycles. The Kier molecular flexibility index (Phi) is 12.6. The Hall–Kier alpha value is -1.17. The number of methoxy groups -OCH3 is 1. The molecule has 0 radical (unpaired) electrons. The van der Waals surface area contributed by atoms with E-state index in [1.165, 1.54) is 7.11 Å². The van der Waals surface area contributed by atoms with Gasteiger partial charge in [-0.05, 0) is 57.5 Å². The first-order valence-corrected chi connectivity index (χ1v) is 11.7. The maximum absolute atomic E-state index is 13.0. The molecule has 0 aliphatic heterocycles. The maximum atomic E-state index is 13.0. The molecule has 0 aromatic heterocycles. The topological polar surface area (TPSA) is 44.8 Å². The van der Waals surface area contributed by atoms with Gasteiger partial charge in [0.1, 0.15) is 17.2 Å². The van der Waals surface area contributed by atoms with E-state index in [4.69, 9.17) is 25.8 Å². The van der Waals surface area contributed by atoms with Gasteiger partial charge in [0, 0.05) is 11.4 Å². The molecule has 0 saturated carbocycles. The third-order valence-corrected chi connectivity index (χ3v) is 6.01. The summed E-state index contributed by atoms with van der Waals surface area (Å²) in [7, 11) is 1.40. The number of hydrogen-bond acceptors (Lipinski definition) is 4. The summed E-state index contributed by atoms with van der Waals surface area (Å²) in [4.78, 5) is 13.0. The molecular weight excluding hydrogens is 426 g/mol.